The van der Waals surface area contributed by atoms with Crippen LogP contribution in [0, 0.1) is 0 Å². The van der Waals surface area contributed by atoms with E-state index in [1.807, 2.05) is 0 Å². The summed E-state index contributed by atoms with van der Waals surface area (Å²) in [7, 11) is 0. The Kier molecular flexibility index (Phi) is 5.97. The van der Waals surface area contributed by atoms with Gasteiger partial charge in [0.15, 0.2) is 0 Å². The summed E-state index contributed by atoms with van der Waals surface area (Å²) < 4.78 is 80.9. The number of nitrogens with one attached hydrogen (secondary N) is 4. The Morgan fingerprint density at radius 3 is 2.33 bits per heavy atom. The zero-order valence-electron chi connectivity index (χ0n) is 20.1. The van der Waals surface area contributed by atoms with Gasteiger partial charge in [-0.15, -0.1) is 0 Å². The number of H-pyrrole nitrogens is 2. The van der Waals surface area contributed by atoms with Gasteiger partial charge in [0.2, 0.25) is 5.95 Å². The Hall–Kier alpha value is -4.13. The Morgan fingerprint density at radius 1 is 0.846 bits per heavy atom. The highest BCUT2D eigenvalue weighted by Gasteiger charge is 2.36. The summed E-state index contributed by atoms with van der Waals surface area (Å²) >= 11 is 0. The molecule has 0 unspecified atom stereocenters. The number of alkyl halides is 6. The molecule has 202 valence electrons. The Labute approximate surface area is 217 Å². The lowest BCUT2D eigenvalue weighted by Gasteiger charge is -2.24. The van der Waals surface area contributed by atoms with Crippen LogP contribution in [-0.4, -0.2) is 44.1 Å². The van der Waals surface area contributed by atoms with E-state index in [1.165, 1.54) is 6.20 Å². The van der Waals surface area contributed by atoms with Gasteiger partial charge in [0.25, 0.3) is 0 Å². The van der Waals surface area contributed by atoms with E-state index in [9.17, 15) is 26.3 Å². The van der Waals surface area contributed by atoms with Crippen LogP contribution in [0.25, 0.3) is 44.2 Å². The van der Waals surface area contributed by atoms with Crippen molar-refractivity contribution in [1.82, 2.24) is 30.2 Å². The number of anilines is 1. The highest BCUT2D eigenvalue weighted by molar-refractivity contribution is 6.01. The lowest BCUT2D eigenvalue weighted by molar-refractivity contribution is -0.141. The molecule has 4 N–H and O–H groups in total. The SMILES string of the molecule is FC(F)(F)c1cc2[nH]cc(-c3ccc4c(-c5nc(N[C@H]6CCCNC6)ncc5C(F)(F)F)c[nH]c4c3)c2cn1. The van der Waals surface area contributed by atoms with Gasteiger partial charge >= 0.3 is 12.4 Å². The van der Waals surface area contributed by atoms with Crippen LogP contribution in [-0.2, 0) is 12.4 Å². The summed E-state index contributed by atoms with van der Waals surface area (Å²) in [6, 6.07) is 6.02. The second-order valence-electron chi connectivity index (χ2n) is 9.42. The zero-order chi connectivity index (χ0) is 27.4. The first-order valence-electron chi connectivity index (χ1n) is 12.2. The van der Waals surface area contributed by atoms with E-state index >= 15 is 0 Å². The molecule has 7 nitrogen and oxygen atoms in total. The molecule has 0 radical (unpaired) electrons. The molecule has 0 amide bonds. The van der Waals surface area contributed by atoms with Crippen LogP contribution >= 0.6 is 0 Å². The maximum atomic E-state index is 13.9. The molecule has 0 spiro atoms. The van der Waals surface area contributed by atoms with Gasteiger partial charge in [0.05, 0.1) is 5.69 Å². The Morgan fingerprint density at radius 2 is 1.62 bits per heavy atom. The first-order valence-corrected chi connectivity index (χ1v) is 12.2. The van der Waals surface area contributed by atoms with Crippen molar-refractivity contribution >= 4 is 27.8 Å². The van der Waals surface area contributed by atoms with Crippen molar-refractivity contribution in [3.05, 3.63) is 60.3 Å². The molecule has 1 aliphatic rings. The van der Waals surface area contributed by atoms with E-state index in [0.29, 0.717) is 34.0 Å². The van der Waals surface area contributed by atoms with Crippen molar-refractivity contribution < 1.29 is 26.3 Å². The summed E-state index contributed by atoms with van der Waals surface area (Å²) in [6.07, 6.45) is -2.47. The number of piperidine rings is 1. The van der Waals surface area contributed by atoms with Crippen LogP contribution in [0.4, 0.5) is 32.3 Å². The van der Waals surface area contributed by atoms with E-state index in [1.54, 1.807) is 24.4 Å². The first kappa shape index (κ1) is 25.2. The second kappa shape index (κ2) is 9.26. The van der Waals surface area contributed by atoms with E-state index in [0.717, 1.165) is 37.8 Å². The maximum Gasteiger partial charge on any atom is 0.433 e. The highest BCUT2D eigenvalue weighted by Crippen LogP contribution is 2.40. The van der Waals surface area contributed by atoms with Gasteiger partial charge in [-0.2, -0.15) is 26.3 Å². The lowest BCUT2D eigenvalue weighted by atomic mass is 10.0. The number of nitrogens with zero attached hydrogens (tertiary/aromatic N) is 3. The van der Waals surface area contributed by atoms with E-state index in [-0.39, 0.29) is 28.8 Å². The third-order valence-electron chi connectivity index (χ3n) is 6.83. The van der Waals surface area contributed by atoms with Crippen LogP contribution in [0.15, 0.2) is 49.1 Å². The number of halogens is 6. The molecule has 0 bridgehead atoms. The van der Waals surface area contributed by atoms with Gasteiger partial charge in [0.1, 0.15) is 11.3 Å². The number of hydrogen-bond acceptors (Lipinski definition) is 5. The fourth-order valence-corrected chi connectivity index (χ4v) is 4.92. The molecule has 1 fully saturated rings. The Balaban J connectivity index is 1.39. The third kappa shape index (κ3) is 4.78. The van der Waals surface area contributed by atoms with Crippen LogP contribution < -0.4 is 10.6 Å². The average Bonchev–Trinajstić information content (AvgIpc) is 3.51. The predicted octanol–water partition coefficient (Wildman–Crippen LogP) is 6.37. The smallest absolute Gasteiger partial charge is 0.360 e. The largest absolute Gasteiger partial charge is 0.433 e. The van der Waals surface area contributed by atoms with Gasteiger partial charge in [-0.25, -0.2) is 9.97 Å². The zero-order valence-corrected chi connectivity index (χ0v) is 20.1. The number of aromatic amines is 2. The number of rotatable bonds is 4. The van der Waals surface area contributed by atoms with E-state index in [2.05, 4.69) is 35.6 Å². The fraction of sp³-hybridized carbons (Fsp3) is 0.269. The van der Waals surface area contributed by atoms with Gasteiger partial charge in [0, 0.05) is 70.3 Å². The van der Waals surface area contributed by atoms with Crippen LogP contribution in [0.2, 0.25) is 0 Å². The minimum atomic E-state index is -4.67. The molecule has 0 aliphatic carbocycles. The molecule has 1 aromatic carbocycles. The molecule has 6 rings (SSSR count). The van der Waals surface area contributed by atoms with Gasteiger partial charge in [-0.3, -0.25) is 4.98 Å². The number of fused-ring (bicyclic) bond motifs is 2. The number of hydrogen-bond donors (Lipinski definition) is 4. The molecular weight excluding hydrogens is 524 g/mol. The molecule has 0 saturated carbocycles. The number of aromatic nitrogens is 5. The van der Waals surface area contributed by atoms with Crippen molar-refractivity contribution in [3.63, 3.8) is 0 Å². The summed E-state index contributed by atoms with van der Waals surface area (Å²) in [4.78, 5) is 17.6. The van der Waals surface area contributed by atoms with Crippen LogP contribution in [0.1, 0.15) is 24.1 Å². The van der Waals surface area contributed by atoms with Crippen molar-refractivity contribution in [3.8, 4) is 22.4 Å². The maximum absolute atomic E-state index is 13.9. The first-order chi connectivity index (χ1) is 18.6. The number of benzene rings is 1. The number of pyridine rings is 1. The molecule has 5 heterocycles. The second-order valence-corrected chi connectivity index (χ2v) is 9.42. The topological polar surface area (TPSA) is 94.3 Å². The summed E-state index contributed by atoms with van der Waals surface area (Å²) in [5.41, 5.74) is 0.0996. The molecular formula is C26H21F6N7. The molecule has 13 heteroatoms. The quantitative estimate of drug-likeness (QED) is 0.197. The predicted molar refractivity (Wildman–Crippen MR) is 134 cm³/mol. The monoisotopic (exact) mass is 545 g/mol. The molecule has 1 saturated heterocycles. The Bertz CT molecular complexity index is 1660. The minimum Gasteiger partial charge on any atom is -0.360 e. The van der Waals surface area contributed by atoms with Crippen molar-refractivity contribution in [2.45, 2.75) is 31.2 Å². The van der Waals surface area contributed by atoms with Gasteiger partial charge in [-0.05, 0) is 37.1 Å². The van der Waals surface area contributed by atoms with Crippen LogP contribution in [0.3, 0.4) is 0 Å². The minimum absolute atomic E-state index is 0.00624. The summed E-state index contributed by atoms with van der Waals surface area (Å²) in [6.45, 7) is 1.55. The highest BCUT2D eigenvalue weighted by atomic mass is 19.4. The molecule has 1 aliphatic heterocycles. The summed E-state index contributed by atoms with van der Waals surface area (Å²) in [5.74, 6) is 0.113. The molecule has 4 aromatic heterocycles. The average molecular weight is 545 g/mol. The van der Waals surface area contributed by atoms with Gasteiger partial charge < -0.3 is 20.6 Å². The van der Waals surface area contributed by atoms with Gasteiger partial charge in [-0.1, -0.05) is 12.1 Å². The van der Waals surface area contributed by atoms with E-state index < -0.39 is 23.6 Å². The van der Waals surface area contributed by atoms with Crippen molar-refractivity contribution in [2.24, 2.45) is 0 Å². The molecule has 39 heavy (non-hydrogen) atoms. The lowest BCUT2D eigenvalue weighted by Crippen LogP contribution is -2.38. The van der Waals surface area contributed by atoms with Crippen LogP contribution in [0.5, 0.6) is 0 Å². The standard InChI is InChI=1S/C26H21F6N7/c27-25(28,29)19-12-37-24(38-14-2-1-5-33-8-14)39-23(19)18-11-35-20-6-13(3-4-15(18)20)16-9-34-21-7-22(26(30,31)32)36-10-17(16)21/h3-4,6-7,9-12,14,33-35H,1-2,5,8H2,(H,37,38,39)/t14-/m0/s1. The van der Waals surface area contributed by atoms with Crippen molar-refractivity contribution in [2.75, 3.05) is 18.4 Å². The van der Waals surface area contributed by atoms with Crippen molar-refractivity contribution in [1.29, 1.82) is 0 Å². The molecule has 5 aromatic rings. The van der Waals surface area contributed by atoms with E-state index in [4.69, 9.17) is 0 Å². The third-order valence-corrected chi connectivity index (χ3v) is 6.83. The summed E-state index contributed by atoms with van der Waals surface area (Å²) in [5, 5.41) is 7.35. The molecule has 1 atom stereocenters. The fourth-order valence-electron chi connectivity index (χ4n) is 4.92. The normalized spacial score (nSPS) is 16.7.